The van der Waals surface area contributed by atoms with E-state index in [2.05, 4.69) is 0 Å². The predicted molar refractivity (Wildman–Crippen MR) is 49.0 cm³/mol. The van der Waals surface area contributed by atoms with E-state index in [1.807, 2.05) is 0 Å². The third-order valence-electron chi connectivity index (χ3n) is 1.66. The van der Waals surface area contributed by atoms with E-state index in [0.717, 1.165) is 0 Å². The van der Waals surface area contributed by atoms with Gasteiger partial charge in [0.1, 0.15) is 11.5 Å². The molecule has 0 atom stereocenters. The summed E-state index contributed by atoms with van der Waals surface area (Å²) in [5, 5.41) is 17.8. The highest BCUT2D eigenvalue weighted by molar-refractivity contribution is 6.63. The van der Waals surface area contributed by atoms with Crippen LogP contribution < -0.4 is 0 Å². The third-order valence-corrected chi connectivity index (χ3v) is 1.85. The maximum Gasteiger partial charge on any atom is 0.221 e. The van der Waals surface area contributed by atoms with Crippen molar-refractivity contribution in [2.45, 2.75) is 12.8 Å². The lowest BCUT2D eigenvalue weighted by Crippen LogP contribution is -1.91. The van der Waals surface area contributed by atoms with Crippen LogP contribution in [0.15, 0.2) is 18.2 Å². The number of benzene rings is 1. The van der Waals surface area contributed by atoms with Gasteiger partial charge in [-0.3, -0.25) is 4.79 Å². The zero-order valence-electron chi connectivity index (χ0n) is 6.83. The maximum absolute atomic E-state index is 10.4. The fourth-order valence-electron chi connectivity index (χ4n) is 0.997. The average molecular weight is 201 g/mol. The molecule has 0 aliphatic rings. The van der Waals surface area contributed by atoms with Crippen LogP contribution in [-0.2, 0) is 11.2 Å². The van der Waals surface area contributed by atoms with Crippen molar-refractivity contribution in [1.82, 2.24) is 0 Å². The second-order valence-corrected chi connectivity index (χ2v) is 3.09. The molecule has 0 unspecified atom stereocenters. The summed E-state index contributed by atoms with van der Waals surface area (Å²) in [4.78, 5) is 10.4. The number of hydrogen-bond acceptors (Lipinski definition) is 3. The largest absolute Gasteiger partial charge is 0.508 e. The molecule has 0 saturated carbocycles. The highest BCUT2D eigenvalue weighted by Gasteiger charge is 2.04. The topological polar surface area (TPSA) is 57.5 Å². The van der Waals surface area contributed by atoms with Gasteiger partial charge in [-0.2, -0.15) is 0 Å². The third kappa shape index (κ3) is 2.95. The van der Waals surface area contributed by atoms with E-state index in [4.69, 9.17) is 16.7 Å². The Morgan fingerprint density at radius 2 is 2.08 bits per heavy atom. The van der Waals surface area contributed by atoms with Crippen molar-refractivity contribution in [3.63, 3.8) is 0 Å². The minimum Gasteiger partial charge on any atom is -0.508 e. The van der Waals surface area contributed by atoms with E-state index in [0.29, 0.717) is 12.0 Å². The van der Waals surface area contributed by atoms with E-state index in [1.165, 1.54) is 12.1 Å². The minimum absolute atomic E-state index is 0.00144. The molecule has 70 valence electrons. The van der Waals surface area contributed by atoms with Crippen molar-refractivity contribution >= 4 is 16.8 Å². The Morgan fingerprint density at radius 3 is 2.62 bits per heavy atom. The van der Waals surface area contributed by atoms with Gasteiger partial charge in [0.25, 0.3) is 0 Å². The lowest BCUT2D eigenvalue weighted by molar-refractivity contribution is -0.111. The van der Waals surface area contributed by atoms with Crippen LogP contribution in [0.4, 0.5) is 0 Å². The van der Waals surface area contributed by atoms with Crippen LogP contribution in [0.5, 0.6) is 11.5 Å². The summed E-state index contributed by atoms with van der Waals surface area (Å²) >= 11 is 5.14. The number of hydrogen-bond donors (Lipinski definition) is 2. The number of aryl methyl sites for hydroxylation is 1. The molecule has 1 rings (SSSR count). The summed E-state index contributed by atoms with van der Waals surface area (Å²) in [6.07, 6.45) is 0.564. The second kappa shape index (κ2) is 4.14. The first-order chi connectivity index (χ1) is 6.09. The van der Waals surface area contributed by atoms with E-state index in [-0.39, 0.29) is 17.9 Å². The van der Waals surface area contributed by atoms with Crippen LogP contribution in [-0.4, -0.2) is 15.5 Å². The molecular weight excluding hydrogens is 192 g/mol. The van der Waals surface area contributed by atoms with Gasteiger partial charge in [-0.25, -0.2) is 0 Å². The fourth-order valence-corrected chi connectivity index (χ4v) is 1.09. The standard InChI is InChI=1S/C9H9ClO3/c10-9(13)4-2-6-1-3-7(11)5-8(6)12/h1,3,5,11-12H,2,4H2. The monoisotopic (exact) mass is 200 g/mol. The number of aromatic hydroxyl groups is 2. The van der Waals surface area contributed by atoms with Gasteiger partial charge in [0.2, 0.25) is 5.24 Å². The average Bonchev–Trinajstić information content (AvgIpc) is 2.02. The van der Waals surface area contributed by atoms with Crippen LogP contribution in [0.25, 0.3) is 0 Å². The summed E-state index contributed by atoms with van der Waals surface area (Å²) < 4.78 is 0. The summed E-state index contributed by atoms with van der Waals surface area (Å²) in [7, 11) is 0. The Hall–Kier alpha value is -1.22. The zero-order valence-corrected chi connectivity index (χ0v) is 7.58. The quantitative estimate of drug-likeness (QED) is 0.732. The van der Waals surface area contributed by atoms with Gasteiger partial charge < -0.3 is 10.2 Å². The highest BCUT2D eigenvalue weighted by Crippen LogP contribution is 2.23. The van der Waals surface area contributed by atoms with Gasteiger partial charge in [0, 0.05) is 12.5 Å². The summed E-state index contributed by atoms with van der Waals surface area (Å²) in [5.41, 5.74) is 0.604. The van der Waals surface area contributed by atoms with Crippen molar-refractivity contribution in [2.75, 3.05) is 0 Å². The second-order valence-electron chi connectivity index (χ2n) is 2.67. The van der Waals surface area contributed by atoms with Crippen LogP contribution in [0.3, 0.4) is 0 Å². The number of carbonyl (C=O) groups is 1. The molecule has 3 nitrogen and oxygen atoms in total. The Kier molecular flexibility index (Phi) is 3.14. The molecule has 0 radical (unpaired) electrons. The Labute approximate surface area is 80.6 Å². The molecule has 4 heteroatoms. The van der Waals surface area contributed by atoms with Gasteiger partial charge in [0.05, 0.1) is 0 Å². The SMILES string of the molecule is O=C(Cl)CCc1ccc(O)cc1O. The first kappa shape index (κ1) is 9.86. The van der Waals surface area contributed by atoms with Crippen LogP contribution >= 0.6 is 11.6 Å². The molecule has 0 aliphatic carbocycles. The van der Waals surface area contributed by atoms with Crippen molar-refractivity contribution < 1.29 is 15.0 Å². The normalized spacial score (nSPS) is 9.92. The highest BCUT2D eigenvalue weighted by atomic mass is 35.5. The van der Waals surface area contributed by atoms with Crippen molar-refractivity contribution in [3.8, 4) is 11.5 Å². The molecule has 0 spiro atoms. The van der Waals surface area contributed by atoms with Crippen molar-refractivity contribution in [1.29, 1.82) is 0 Å². The summed E-state index contributed by atoms with van der Waals surface area (Å²) in [6, 6.07) is 4.24. The smallest absolute Gasteiger partial charge is 0.221 e. The van der Waals surface area contributed by atoms with Gasteiger partial charge >= 0.3 is 0 Å². The molecule has 0 fully saturated rings. The molecule has 0 aliphatic heterocycles. The Bertz CT molecular complexity index is 323. The minimum atomic E-state index is -0.438. The first-order valence-electron chi connectivity index (χ1n) is 3.79. The van der Waals surface area contributed by atoms with E-state index in [1.54, 1.807) is 6.07 Å². The Balaban J connectivity index is 2.72. The number of phenols is 2. The summed E-state index contributed by atoms with van der Waals surface area (Å²) in [6.45, 7) is 0. The van der Waals surface area contributed by atoms with Crippen LogP contribution in [0.2, 0.25) is 0 Å². The number of halogens is 1. The van der Waals surface area contributed by atoms with Crippen LogP contribution in [0, 0.1) is 0 Å². The van der Waals surface area contributed by atoms with Crippen LogP contribution in [0.1, 0.15) is 12.0 Å². The molecule has 1 aromatic carbocycles. The fraction of sp³-hybridized carbons (Fsp3) is 0.222. The predicted octanol–water partition coefficient (Wildman–Crippen LogP) is 1.80. The molecule has 1 aromatic rings. The molecule has 13 heavy (non-hydrogen) atoms. The van der Waals surface area contributed by atoms with Gasteiger partial charge in [-0.1, -0.05) is 6.07 Å². The summed E-state index contributed by atoms with van der Waals surface area (Å²) in [5.74, 6) is -0.0173. The number of phenolic OH excluding ortho intramolecular Hbond substituents is 2. The van der Waals surface area contributed by atoms with E-state index >= 15 is 0 Å². The molecule has 0 bridgehead atoms. The van der Waals surface area contributed by atoms with Gasteiger partial charge in [0.15, 0.2) is 0 Å². The van der Waals surface area contributed by atoms with E-state index < -0.39 is 5.24 Å². The van der Waals surface area contributed by atoms with E-state index in [9.17, 15) is 9.90 Å². The van der Waals surface area contributed by atoms with Crippen molar-refractivity contribution in [2.24, 2.45) is 0 Å². The lowest BCUT2D eigenvalue weighted by Gasteiger charge is -2.02. The molecule has 0 heterocycles. The Morgan fingerprint density at radius 1 is 1.38 bits per heavy atom. The van der Waals surface area contributed by atoms with Gasteiger partial charge in [-0.05, 0) is 29.7 Å². The van der Waals surface area contributed by atoms with Gasteiger partial charge in [-0.15, -0.1) is 0 Å². The lowest BCUT2D eigenvalue weighted by atomic mass is 10.1. The van der Waals surface area contributed by atoms with Crippen molar-refractivity contribution in [3.05, 3.63) is 23.8 Å². The number of carbonyl (C=O) groups excluding carboxylic acids is 1. The molecule has 0 aromatic heterocycles. The zero-order chi connectivity index (χ0) is 9.84. The molecule has 0 amide bonds. The molecular formula is C9H9ClO3. The molecule has 0 saturated heterocycles. The number of rotatable bonds is 3. The molecule has 2 N–H and O–H groups in total. The first-order valence-corrected chi connectivity index (χ1v) is 4.16. The maximum atomic E-state index is 10.4.